The maximum absolute atomic E-state index is 10.6. The first-order valence-corrected chi connectivity index (χ1v) is 4.10. The van der Waals surface area contributed by atoms with E-state index >= 15 is 0 Å². The summed E-state index contributed by atoms with van der Waals surface area (Å²) in [6.45, 7) is 0.567. The van der Waals surface area contributed by atoms with Crippen LogP contribution in [0.5, 0.6) is 0 Å². The van der Waals surface area contributed by atoms with Gasteiger partial charge < -0.3 is 10.8 Å². The largest absolute Gasteiger partial charge is 0.480 e. The van der Waals surface area contributed by atoms with Gasteiger partial charge in [0.15, 0.2) is 0 Å². The minimum absolute atomic E-state index is 0.468. The summed E-state index contributed by atoms with van der Waals surface area (Å²) in [6.07, 6.45) is 2.02. The van der Waals surface area contributed by atoms with Gasteiger partial charge in [0.25, 0.3) is 0 Å². The molecule has 0 aliphatic heterocycles. The Labute approximate surface area is 76.9 Å². The number of carboxylic acid groups (broad SMARTS) is 1. The van der Waals surface area contributed by atoms with Gasteiger partial charge in [-0.05, 0) is 25.8 Å². The van der Waals surface area contributed by atoms with Gasteiger partial charge in [0.2, 0.25) is 0 Å². The average Bonchev–Trinajstić information content (AvgIpc) is 2.10. The van der Waals surface area contributed by atoms with E-state index in [4.69, 9.17) is 10.8 Å². The van der Waals surface area contributed by atoms with Crippen molar-refractivity contribution in [3.8, 4) is 0 Å². The maximum Gasteiger partial charge on any atom is 0.323 e. The van der Waals surface area contributed by atoms with Gasteiger partial charge in [-0.25, -0.2) is 4.89 Å². The van der Waals surface area contributed by atoms with E-state index in [0.29, 0.717) is 13.0 Å². The first-order valence-electron chi connectivity index (χ1n) is 4.10. The molecule has 0 aromatic rings. The van der Waals surface area contributed by atoms with Crippen LogP contribution in [0.25, 0.3) is 0 Å². The van der Waals surface area contributed by atoms with Crippen molar-refractivity contribution in [3.63, 3.8) is 0 Å². The Morgan fingerprint density at radius 1 is 1.62 bits per heavy atom. The molecule has 0 fully saturated rings. The van der Waals surface area contributed by atoms with E-state index in [1.54, 1.807) is 0 Å². The van der Waals surface area contributed by atoms with Crippen molar-refractivity contribution in [1.29, 1.82) is 0 Å². The van der Waals surface area contributed by atoms with E-state index < -0.39 is 12.0 Å². The lowest BCUT2D eigenvalue weighted by molar-refractivity contribution is -0.323. The third-order valence-corrected chi connectivity index (χ3v) is 1.52. The van der Waals surface area contributed by atoms with E-state index in [1.807, 2.05) is 0 Å². The standard InChI is InChI=1S/C7H16N2O4/c1-12-13-9-6(7(10)11)4-2-3-5-8/h6,9H,2-5,8H2,1H3,(H,10,11). The summed E-state index contributed by atoms with van der Waals surface area (Å²) >= 11 is 0. The average molecular weight is 192 g/mol. The highest BCUT2D eigenvalue weighted by Gasteiger charge is 2.16. The van der Waals surface area contributed by atoms with Crippen LogP contribution in [-0.4, -0.2) is 30.8 Å². The topological polar surface area (TPSA) is 93.8 Å². The Morgan fingerprint density at radius 2 is 2.31 bits per heavy atom. The van der Waals surface area contributed by atoms with Crippen molar-refractivity contribution in [3.05, 3.63) is 0 Å². The predicted octanol–water partition coefficient (Wildman–Crippen LogP) is -0.349. The molecule has 0 saturated heterocycles. The second kappa shape index (κ2) is 7.93. The fourth-order valence-corrected chi connectivity index (χ4v) is 0.832. The number of hydrogen-bond donors (Lipinski definition) is 3. The molecule has 1 unspecified atom stereocenters. The van der Waals surface area contributed by atoms with Gasteiger partial charge >= 0.3 is 5.97 Å². The second-order valence-electron chi connectivity index (χ2n) is 2.54. The van der Waals surface area contributed by atoms with E-state index in [2.05, 4.69) is 15.4 Å². The Kier molecular flexibility index (Phi) is 7.51. The lowest BCUT2D eigenvalue weighted by Gasteiger charge is -2.11. The molecule has 6 nitrogen and oxygen atoms in total. The summed E-state index contributed by atoms with van der Waals surface area (Å²) in [5.74, 6) is -0.964. The molecule has 4 N–H and O–H groups in total. The second-order valence-corrected chi connectivity index (χ2v) is 2.54. The van der Waals surface area contributed by atoms with E-state index in [1.165, 1.54) is 7.11 Å². The molecule has 0 aromatic carbocycles. The Morgan fingerprint density at radius 3 is 2.77 bits per heavy atom. The lowest BCUT2D eigenvalue weighted by atomic mass is 10.1. The highest BCUT2D eigenvalue weighted by Crippen LogP contribution is 2.00. The van der Waals surface area contributed by atoms with Crippen molar-refractivity contribution in [2.75, 3.05) is 13.7 Å². The monoisotopic (exact) mass is 192 g/mol. The minimum atomic E-state index is -0.964. The molecule has 78 valence electrons. The van der Waals surface area contributed by atoms with Crippen molar-refractivity contribution >= 4 is 5.97 Å². The van der Waals surface area contributed by atoms with Gasteiger partial charge in [-0.15, -0.1) is 4.99 Å². The molecule has 0 saturated carbocycles. The lowest BCUT2D eigenvalue weighted by Crippen LogP contribution is -2.36. The number of unbranched alkanes of at least 4 members (excludes halogenated alkanes) is 1. The van der Waals surface area contributed by atoms with Crippen LogP contribution in [0.15, 0.2) is 0 Å². The van der Waals surface area contributed by atoms with Gasteiger partial charge in [-0.2, -0.15) is 5.48 Å². The quantitative estimate of drug-likeness (QED) is 0.276. The molecule has 0 amide bonds. The molecule has 0 rings (SSSR count). The number of rotatable bonds is 8. The van der Waals surface area contributed by atoms with E-state index in [-0.39, 0.29) is 0 Å². The number of carboxylic acids is 1. The Hall–Kier alpha value is -0.690. The number of carbonyl (C=O) groups is 1. The molecule has 0 radical (unpaired) electrons. The molecule has 6 heteroatoms. The molecule has 13 heavy (non-hydrogen) atoms. The normalized spacial score (nSPS) is 12.8. The number of hydrogen-bond acceptors (Lipinski definition) is 5. The highest BCUT2D eigenvalue weighted by molar-refractivity contribution is 5.73. The summed E-state index contributed by atoms with van der Waals surface area (Å²) in [7, 11) is 1.30. The van der Waals surface area contributed by atoms with Crippen LogP contribution in [-0.2, 0) is 14.7 Å². The Balaban J connectivity index is 3.61. The molecule has 0 aliphatic carbocycles. The van der Waals surface area contributed by atoms with Gasteiger partial charge in [-0.3, -0.25) is 4.79 Å². The van der Waals surface area contributed by atoms with E-state index in [9.17, 15) is 4.79 Å². The fraction of sp³-hybridized carbons (Fsp3) is 0.857. The van der Waals surface area contributed by atoms with Crippen LogP contribution in [0, 0.1) is 0 Å². The summed E-state index contributed by atoms with van der Waals surface area (Å²) in [5.41, 5.74) is 7.53. The number of nitrogens with one attached hydrogen (secondary N) is 1. The third kappa shape index (κ3) is 6.47. The van der Waals surface area contributed by atoms with Crippen LogP contribution >= 0.6 is 0 Å². The molecule has 0 bridgehead atoms. The fourth-order valence-electron chi connectivity index (χ4n) is 0.832. The van der Waals surface area contributed by atoms with Crippen molar-refractivity contribution < 1.29 is 19.8 Å². The molecule has 1 atom stereocenters. The third-order valence-electron chi connectivity index (χ3n) is 1.52. The van der Waals surface area contributed by atoms with Gasteiger partial charge in [-0.1, -0.05) is 0 Å². The Bertz CT molecular complexity index is 142. The van der Waals surface area contributed by atoms with Crippen LogP contribution in [0.3, 0.4) is 0 Å². The van der Waals surface area contributed by atoms with Gasteiger partial charge in [0, 0.05) is 0 Å². The van der Waals surface area contributed by atoms with Gasteiger partial charge in [0.05, 0.1) is 7.11 Å². The smallest absolute Gasteiger partial charge is 0.323 e. The highest BCUT2D eigenvalue weighted by atomic mass is 17.3. The molecule has 0 aromatic heterocycles. The van der Waals surface area contributed by atoms with Crippen molar-refractivity contribution in [2.45, 2.75) is 25.3 Å². The maximum atomic E-state index is 10.6. The van der Waals surface area contributed by atoms with Crippen LogP contribution in [0.4, 0.5) is 0 Å². The number of nitrogens with two attached hydrogens (primary N) is 1. The summed E-state index contributed by atoms with van der Waals surface area (Å²) in [5, 5.41) is 8.67. The van der Waals surface area contributed by atoms with Crippen molar-refractivity contribution in [2.24, 2.45) is 5.73 Å². The van der Waals surface area contributed by atoms with Crippen LogP contribution in [0.2, 0.25) is 0 Å². The first-order chi connectivity index (χ1) is 6.22. The molecular weight excluding hydrogens is 176 g/mol. The molecule has 0 spiro atoms. The SMILES string of the molecule is COONC(CCCCN)C(=O)O. The van der Waals surface area contributed by atoms with E-state index in [0.717, 1.165) is 12.8 Å². The predicted molar refractivity (Wildman–Crippen MR) is 45.6 cm³/mol. The molecule has 0 heterocycles. The number of hydroxylamine groups is 1. The van der Waals surface area contributed by atoms with Crippen LogP contribution < -0.4 is 11.2 Å². The van der Waals surface area contributed by atoms with Gasteiger partial charge in [0.1, 0.15) is 6.04 Å². The minimum Gasteiger partial charge on any atom is -0.480 e. The zero-order chi connectivity index (χ0) is 10.1. The number of aliphatic carboxylic acids is 1. The van der Waals surface area contributed by atoms with Crippen LogP contribution in [0.1, 0.15) is 19.3 Å². The molecule has 0 aliphatic rings. The zero-order valence-electron chi connectivity index (χ0n) is 7.66. The summed E-state index contributed by atoms with van der Waals surface area (Å²) in [4.78, 5) is 19.1. The zero-order valence-corrected chi connectivity index (χ0v) is 7.66. The van der Waals surface area contributed by atoms with Crippen molar-refractivity contribution in [1.82, 2.24) is 5.48 Å². The summed E-state index contributed by atoms with van der Waals surface area (Å²) in [6, 6.07) is -0.744. The first kappa shape index (κ1) is 12.3. The summed E-state index contributed by atoms with van der Waals surface area (Å²) < 4.78 is 0. The molecular formula is C7H16N2O4.